The van der Waals surface area contributed by atoms with Crippen LogP contribution in [-0.2, 0) is 9.59 Å². The number of carboxylic acids is 2. The average Bonchev–Trinajstić information content (AvgIpc) is 2.62. The summed E-state index contributed by atoms with van der Waals surface area (Å²) in [5.74, 6) is 0.0451. The Kier molecular flexibility index (Phi) is 17.6. The Morgan fingerprint density at radius 3 is 0.850 bits per heavy atom. The Hall–Kier alpha value is -1.06. The molecule has 2 N–H and O–H groups in total. The maximum Gasteiger partial charge on any atom is 0.306 e. The minimum absolute atomic E-state index is 0.198. The highest BCUT2D eigenvalue weighted by atomic mass is 16.4. The van der Waals surface area contributed by atoms with Gasteiger partial charge in [0.1, 0.15) is 0 Å². The Balaban J connectivity index is 0. The largest absolute Gasteiger partial charge is 0.481 e. The summed E-state index contributed by atoms with van der Waals surface area (Å²) < 4.78 is 0. The summed E-state index contributed by atoms with van der Waals surface area (Å²) in [5.41, 5.74) is 1.05. The van der Waals surface area contributed by atoms with Crippen LogP contribution < -0.4 is 0 Å². The molecule has 0 saturated heterocycles. The van der Waals surface area contributed by atoms with Crippen LogP contribution in [0.5, 0.6) is 0 Å². The van der Waals surface area contributed by atoms with Crippen LogP contribution in [0.25, 0.3) is 0 Å². The van der Waals surface area contributed by atoms with Crippen LogP contribution in [0, 0.1) is 57.2 Å². The fourth-order valence-electron chi connectivity index (χ4n) is 6.74. The molecule has 240 valence electrons. The molecule has 0 aromatic rings. The average molecular weight is 569 g/mol. The zero-order valence-corrected chi connectivity index (χ0v) is 29.8. The van der Waals surface area contributed by atoms with E-state index in [4.69, 9.17) is 0 Å². The summed E-state index contributed by atoms with van der Waals surface area (Å²) in [7, 11) is 0. The zero-order chi connectivity index (χ0) is 32.3. The normalized spacial score (nSPS) is 17.6. The maximum atomic E-state index is 11.5. The van der Waals surface area contributed by atoms with Crippen molar-refractivity contribution in [2.45, 2.75) is 162 Å². The van der Waals surface area contributed by atoms with Gasteiger partial charge in [-0.2, -0.15) is 0 Å². The molecule has 0 heterocycles. The van der Waals surface area contributed by atoms with E-state index in [9.17, 15) is 19.8 Å². The summed E-state index contributed by atoms with van der Waals surface area (Å²) >= 11 is 0. The van der Waals surface area contributed by atoms with Crippen LogP contribution in [0.4, 0.5) is 0 Å². The van der Waals surface area contributed by atoms with Crippen molar-refractivity contribution in [3.63, 3.8) is 0 Å². The predicted octanol–water partition coefficient (Wildman–Crippen LogP) is 11.2. The molecule has 0 fully saturated rings. The van der Waals surface area contributed by atoms with Crippen LogP contribution >= 0.6 is 0 Å². The van der Waals surface area contributed by atoms with E-state index in [2.05, 4.69) is 111 Å². The van der Waals surface area contributed by atoms with Crippen molar-refractivity contribution in [2.24, 2.45) is 57.2 Å². The second kappa shape index (κ2) is 17.2. The Labute approximate surface area is 250 Å². The monoisotopic (exact) mass is 569 g/mol. The lowest BCUT2D eigenvalue weighted by atomic mass is 9.76. The minimum atomic E-state index is -0.621. The van der Waals surface area contributed by atoms with Gasteiger partial charge in [-0.25, -0.2) is 0 Å². The summed E-state index contributed by atoms with van der Waals surface area (Å²) in [4.78, 5) is 23.0. The highest BCUT2D eigenvalue weighted by molar-refractivity contribution is 5.70. The highest BCUT2D eigenvalue weighted by Gasteiger charge is 2.30. The van der Waals surface area contributed by atoms with Crippen LogP contribution in [0.1, 0.15) is 162 Å². The predicted molar refractivity (Wildman–Crippen MR) is 174 cm³/mol. The van der Waals surface area contributed by atoms with E-state index in [1.165, 1.54) is 0 Å². The van der Waals surface area contributed by atoms with Gasteiger partial charge in [0, 0.05) is 0 Å². The van der Waals surface area contributed by atoms with Gasteiger partial charge in [0.25, 0.3) is 0 Å². The fourth-order valence-corrected chi connectivity index (χ4v) is 6.74. The van der Waals surface area contributed by atoms with Crippen molar-refractivity contribution in [3.05, 3.63) is 0 Å². The third-order valence-corrected chi connectivity index (χ3v) is 7.74. The van der Waals surface area contributed by atoms with Gasteiger partial charge in [0.05, 0.1) is 11.8 Å². The van der Waals surface area contributed by atoms with Crippen molar-refractivity contribution in [1.29, 1.82) is 0 Å². The number of rotatable bonds is 14. The van der Waals surface area contributed by atoms with E-state index < -0.39 is 11.9 Å². The number of carboxylic acid groups (broad SMARTS) is 2. The molecule has 0 spiro atoms. The quantitative estimate of drug-likeness (QED) is 0.218. The van der Waals surface area contributed by atoms with Crippen LogP contribution in [0.3, 0.4) is 0 Å². The molecule has 0 aromatic carbocycles. The van der Waals surface area contributed by atoms with E-state index in [0.717, 1.165) is 51.4 Å². The van der Waals surface area contributed by atoms with Gasteiger partial charge >= 0.3 is 11.9 Å². The smallest absolute Gasteiger partial charge is 0.306 e. The van der Waals surface area contributed by atoms with Crippen LogP contribution in [0.2, 0.25) is 0 Å². The zero-order valence-electron chi connectivity index (χ0n) is 29.8. The molecule has 0 aliphatic rings. The number of aliphatic carboxylic acids is 2. The van der Waals surface area contributed by atoms with Crippen molar-refractivity contribution in [2.75, 3.05) is 0 Å². The van der Waals surface area contributed by atoms with Gasteiger partial charge in [-0.3, -0.25) is 9.59 Å². The molecule has 0 bridgehead atoms. The first-order valence-electron chi connectivity index (χ1n) is 16.1. The summed E-state index contributed by atoms with van der Waals surface area (Å²) in [6.45, 7) is 35.3. The molecule has 4 heteroatoms. The van der Waals surface area contributed by atoms with Crippen LogP contribution in [-0.4, -0.2) is 22.2 Å². The molecule has 0 saturated carbocycles. The molecule has 0 rings (SSSR count). The summed E-state index contributed by atoms with van der Waals surface area (Å²) in [5, 5.41) is 19.0. The van der Waals surface area contributed by atoms with Gasteiger partial charge in [0.15, 0.2) is 0 Å². The SMILES string of the molecule is CC(CCC(C(=O)O)C(C)CC(C)(C)C)CC(C)(C)C.CC(CCC(C(=O)O)C(C)CC(C)(C)C)CC(C)(C)C. The molecular weight excluding hydrogens is 496 g/mol. The molecule has 0 amide bonds. The summed E-state index contributed by atoms with van der Waals surface area (Å²) in [6, 6.07) is 0. The lowest BCUT2D eigenvalue weighted by Crippen LogP contribution is -2.26. The molecule has 0 aliphatic heterocycles. The second-order valence-corrected chi connectivity index (χ2v) is 18.3. The molecule has 6 unspecified atom stereocenters. The molecule has 6 atom stereocenters. The van der Waals surface area contributed by atoms with Gasteiger partial charge < -0.3 is 10.2 Å². The maximum absolute atomic E-state index is 11.5. The fraction of sp³-hybridized carbons (Fsp3) is 0.944. The Morgan fingerprint density at radius 2 is 0.675 bits per heavy atom. The number of hydrogen-bond donors (Lipinski definition) is 2. The number of carbonyl (C=O) groups is 2. The van der Waals surface area contributed by atoms with Crippen molar-refractivity contribution in [1.82, 2.24) is 0 Å². The molecule has 0 radical (unpaired) electrons. The second-order valence-electron chi connectivity index (χ2n) is 18.3. The van der Waals surface area contributed by atoms with E-state index in [1.807, 2.05) is 0 Å². The molecule has 0 aromatic heterocycles. The first-order valence-corrected chi connectivity index (χ1v) is 16.1. The van der Waals surface area contributed by atoms with Crippen molar-refractivity contribution in [3.8, 4) is 0 Å². The Bertz CT molecular complexity index is 649. The van der Waals surface area contributed by atoms with E-state index >= 15 is 0 Å². The lowest BCUT2D eigenvalue weighted by molar-refractivity contribution is -0.145. The lowest BCUT2D eigenvalue weighted by Gasteiger charge is -2.29. The van der Waals surface area contributed by atoms with E-state index in [1.54, 1.807) is 0 Å². The Morgan fingerprint density at radius 1 is 0.450 bits per heavy atom. The van der Waals surface area contributed by atoms with Crippen LogP contribution in [0.15, 0.2) is 0 Å². The van der Waals surface area contributed by atoms with Crippen molar-refractivity contribution < 1.29 is 19.8 Å². The van der Waals surface area contributed by atoms with Crippen molar-refractivity contribution >= 4 is 11.9 Å². The van der Waals surface area contributed by atoms with Gasteiger partial charge in [-0.05, 0) is 96.7 Å². The standard InChI is InChI=1S/2C18H36O2/c2*1-13(11-17(3,4)5)9-10-15(16(19)20)14(2)12-18(6,7)8/h2*13-15H,9-12H2,1-8H3,(H,19,20). The third kappa shape index (κ3) is 23.6. The van der Waals surface area contributed by atoms with Gasteiger partial charge in [-0.15, -0.1) is 0 Å². The first kappa shape index (κ1) is 41.1. The van der Waals surface area contributed by atoms with E-state index in [0.29, 0.717) is 22.7 Å². The minimum Gasteiger partial charge on any atom is -0.481 e. The summed E-state index contributed by atoms with van der Waals surface area (Å²) in [6.07, 6.45) is 7.91. The number of hydrogen-bond acceptors (Lipinski definition) is 2. The molecular formula is C36H72O4. The highest BCUT2D eigenvalue weighted by Crippen LogP contribution is 2.35. The third-order valence-electron chi connectivity index (χ3n) is 7.74. The van der Waals surface area contributed by atoms with E-state index in [-0.39, 0.29) is 34.5 Å². The molecule has 0 aliphatic carbocycles. The van der Waals surface area contributed by atoms with Gasteiger partial charge in [0.2, 0.25) is 0 Å². The molecule has 4 nitrogen and oxygen atoms in total. The first-order chi connectivity index (χ1) is 17.6. The van der Waals surface area contributed by atoms with Gasteiger partial charge in [-0.1, -0.05) is 111 Å². The molecule has 40 heavy (non-hydrogen) atoms. The topological polar surface area (TPSA) is 74.6 Å².